The Morgan fingerprint density at radius 1 is 1.17 bits per heavy atom. The Bertz CT molecular complexity index is 619. The SMILES string of the molecule is CCCCCS(CC(F)(F)C(F)F)=NS(=O)(=O)c1ccccc1. The standard InChI is InChI=1S/C14H19F4NO2S2/c1-2-3-7-10-22(11-14(17,18)13(15)16)19-23(20,21)12-8-5-4-6-9-12/h4-6,8-9,13H,2-3,7,10-11H2,1H3. The van der Waals surface area contributed by atoms with E-state index in [-0.39, 0.29) is 10.6 Å². The Hall–Kier alpha value is -0.960. The van der Waals surface area contributed by atoms with E-state index in [1.807, 2.05) is 6.92 Å². The normalized spacial score (nSPS) is 14.3. The predicted octanol–water partition coefficient (Wildman–Crippen LogP) is 4.27. The largest absolute Gasteiger partial charge is 0.317 e. The summed E-state index contributed by atoms with van der Waals surface area (Å²) >= 11 is 0. The number of nitrogens with zero attached hydrogens (tertiary/aromatic N) is 1. The Morgan fingerprint density at radius 2 is 1.78 bits per heavy atom. The number of benzene rings is 1. The number of halogens is 4. The third-order valence-electron chi connectivity index (χ3n) is 2.91. The van der Waals surface area contributed by atoms with Crippen molar-refractivity contribution in [3.8, 4) is 0 Å². The minimum Gasteiger partial charge on any atom is -0.204 e. The minimum absolute atomic E-state index is 0.0578. The van der Waals surface area contributed by atoms with E-state index in [4.69, 9.17) is 0 Å². The summed E-state index contributed by atoms with van der Waals surface area (Å²) in [4.78, 5) is -0.131. The minimum atomic E-state index is -4.25. The van der Waals surface area contributed by atoms with Crippen molar-refractivity contribution in [1.82, 2.24) is 0 Å². The molecule has 0 spiro atoms. The van der Waals surface area contributed by atoms with Gasteiger partial charge in [-0.05, 0) is 18.6 Å². The van der Waals surface area contributed by atoms with Gasteiger partial charge in [0.1, 0.15) is 0 Å². The Kier molecular flexibility index (Phi) is 7.66. The molecule has 0 radical (unpaired) electrons. The second-order valence-corrected chi connectivity index (χ2v) is 8.58. The molecule has 1 aromatic carbocycles. The van der Waals surface area contributed by atoms with Crippen molar-refractivity contribution in [2.75, 3.05) is 11.5 Å². The molecule has 1 rings (SSSR count). The van der Waals surface area contributed by atoms with Crippen LogP contribution in [0.2, 0.25) is 0 Å². The highest BCUT2D eigenvalue weighted by Crippen LogP contribution is 2.26. The monoisotopic (exact) mass is 373 g/mol. The average Bonchev–Trinajstić information content (AvgIpc) is 2.47. The first kappa shape index (κ1) is 20.1. The molecule has 0 fully saturated rings. The lowest BCUT2D eigenvalue weighted by atomic mass is 10.3. The van der Waals surface area contributed by atoms with E-state index in [9.17, 15) is 26.0 Å². The topological polar surface area (TPSA) is 46.5 Å². The van der Waals surface area contributed by atoms with Gasteiger partial charge in [-0.3, -0.25) is 0 Å². The zero-order valence-corrected chi connectivity index (χ0v) is 14.2. The van der Waals surface area contributed by atoms with Crippen LogP contribution in [0.5, 0.6) is 0 Å². The highest BCUT2D eigenvalue weighted by molar-refractivity contribution is 8.00. The van der Waals surface area contributed by atoms with Crippen LogP contribution in [0.25, 0.3) is 0 Å². The molecular formula is C14H19F4NO2S2. The number of hydrogen-bond donors (Lipinski definition) is 0. The average molecular weight is 373 g/mol. The molecule has 0 aromatic heterocycles. The molecule has 0 aliphatic heterocycles. The molecule has 0 amide bonds. The van der Waals surface area contributed by atoms with Crippen molar-refractivity contribution in [2.24, 2.45) is 3.77 Å². The molecule has 0 aliphatic rings. The van der Waals surface area contributed by atoms with E-state index in [2.05, 4.69) is 3.77 Å². The Labute approximate surface area is 136 Å². The first-order valence-corrected chi connectivity index (χ1v) is 10.0. The molecule has 132 valence electrons. The van der Waals surface area contributed by atoms with Gasteiger partial charge in [-0.25, -0.2) is 8.78 Å². The second kappa shape index (κ2) is 8.77. The molecule has 0 N–H and O–H groups in total. The molecule has 9 heteroatoms. The van der Waals surface area contributed by atoms with Gasteiger partial charge in [0.15, 0.2) is 0 Å². The predicted molar refractivity (Wildman–Crippen MR) is 83.6 cm³/mol. The third-order valence-corrected chi connectivity index (χ3v) is 6.88. The summed E-state index contributed by atoms with van der Waals surface area (Å²) in [7, 11) is -5.81. The van der Waals surface area contributed by atoms with Gasteiger partial charge < -0.3 is 0 Å². The van der Waals surface area contributed by atoms with Gasteiger partial charge in [0, 0.05) is 5.75 Å². The fourth-order valence-electron chi connectivity index (χ4n) is 1.71. The van der Waals surface area contributed by atoms with E-state index in [1.54, 1.807) is 6.07 Å². The highest BCUT2D eigenvalue weighted by atomic mass is 32.3. The van der Waals surface area contributed by atoms with Crippen molar-refractivity contribution in [3.05, 3.63) is 30.3 Å². The van der Waals surface area contributed by atoms with Crippen molar-refractivity contribution in [2.45, 2.75) is 43.4 Å². The van der Waals surface area contributed by atoms with Crippen molar-refractivity contribution in [3.63, 3.8) is 0 Å². The first-order valence-electron chi connectivity index (χ1n) is 7.05. The molecule has 0 saturated heterocycles. The zero-order chi connectivity index (χ0) is 17.5. The lowest BCUT2D eigenvalue weighted by molar-refractivity contribution is -0.110. The number of sulfonamides is 1. The van der Waals surface area contributed by atoms with Crippen molar-refractivity contribution >= 4 is 20.7 Å². The van der Waals surface area contributed by atoms with E-state index in [1.165, 1.54) is 24.3 Å². The van der Waals surface area contributed by atoms with Crippen LogP contribution in [0.1, 0.15) is 26.2 Å². The quantitative estimate of drug-likeness (QED) is 0.479. The van der Waals surface area contributed by atoms with E-state index < -0.39 is 38.8 Å². The number of unbranched alkanes of at least 4 members (excludes halogenated alkanes) is 2. The number of rotatable bonds is 9. The number of hydrogen-bond acceptors (Lipinski definition) is 2. The van der Waals surface area contributed by atoms with Crippen LogP contribution in [0, 0.1) is 0 Å². The third kappa shape index (κ3) is 6.58. The van der Waals surface area contributed by atoms with Gasteiger partial charge in [-0.2, -0.15) is 17.2 Å². The summed E-state index contributed by atoms with van der Waals surface area (Å²) in [6, 6.07) is 7.14. The molecular weight excluding hydrogens is 354 g/mol. The smallest absolute Gasteiger partial charge is 0.204 e. The zero-order valence-electron chi connectivity index (χ0n) is 12.6. The van der Waals surface area contributed by atoms with E-state index >= 15 is 0 Å². The molecule has 0 heterocycles. The van der Waals surface area contributed by atoms with Crippen LogP contribution >= 0.6 is 0 Å². The van der Waals surface area contributed by atoms with Gasteiger partial charge in [-0.15, -0.1) is 3.77 Å². The summed E-state index contributed by atoms with van der Waals surface area (Å²) in [6.07, 6.45) is -1.87. The summed E-state index contributed by atoms with van der Waals surface area (Å²) in [6.45, 7) is 1.89. The van der Waals surface area contributed by atoms with Crippen LogP contribution in [-0.2, 0) is 20.7 Å². The summed E-state index contributed by atoms with van der Waals surface area (Å²) < 4.78 is 79.1. The van der Waals surface area contributed by atoms with Crippen LogP contribution in [0.3, 0.4) is 0 Å². The van der Waals surface area contributed by atoms with Crippen LogP contribution in [-0.4, -0.2) is 32.3 Å². The molecule has 3 nitrogen and oxygen atoms in total. The lowest BCUT2D eigenvalue weighted by Gasteiger charge is -2.17. The van der Waals surface area contributed by atoms with Crippen LogP contribution in [0.4, 0.5) is 17.6 Å². The maximum absolute atomic E-state index is 13.3. The van der Waals surface area contributed by atoms with Gasteiger partial charge in [0.25, 0.3) is 10.0 Å². The fraction of sp³-hybridized carbons (Fsp3) is 0.571. The maximum Gasteiger partial charge on any atom is 0.317 e. The van der Waals surface area contributed by atoms with Gasteiger partial charge in [0.05, 0.1) is 10.6 Å². The molecule has 0 aliphatic carbocycles. The van der Waals surface area contributed by atoms with Gasteiger partial charge >= 0.3 is 12.3 Å². The van der Waals surface area contributed by atoms with Gasteiger partial charge in [0.2, 0.25) is 0 Å². The van der Waals surface area contributed by atoms with Crippen LogP contribution < -0.4 is 0 Å². The Morgan fingerprint density at radius 3 is 2.30 bits per heavy atom. The molecule has 0 saturated carbocycles. The summed E-state index contributed by atoms with van der Waals surface area (Å²) in [5, 5.41) is 0. The van der Waals surface area contributed by atoms with E-state index in [0.717, 1.165) is 6.42 Å². The molecule has 23 heavy (non-hydrogen) atoms. The van der Waals surface area contributed by atoms with E-state index in [0.29, 0.717) is 12.8 Å². The summed E-state index contributed by atoms with van der Waals surface area (Å²) in [5.41, 5.74) is 0. The number of alkyl halides is 4. The Balaban J connectivity index is 3.07. The summed E-state index contributed by atoms with van der Waals surface area (Å²) in [5.74, 6) is -5.44. The van der Waals surface area contributed by atoms with Gasteiger partial charge in [-0.1, -0.05) is 48.7 Å². The van der Waals surface area contributed by atoms with Crippen molar-refractivity contribution in [1.29, 1.82) is 0 Å². The van der Waals surface area contributed by atoms with Crippen molar-refractivity contribution < 1.29 is 26.0 Å². The second-order valence-electron chi connectivity index (χ2n) is 4.94. The molecule has 1 atom stereocenters. The maximum atomic E-state index is 13.3. The first-order chi connectivity index (χ1) is 10.7. The fourth-order valence-corrected chi connectivity index (χ4v) is 5.43. The molecule has 1 unspecified atom stereocenters. The van der Waals surface area contributed by atoms with Crippen LogP contribution in [0.15, 0.2) is 39.0 Å². The lowest BCUT2D eigenvalue weighted by Crippen LogP contribution is -2.34. The molecule has 0 bridgehead atoms. The molecule has 1 aromatic rings. The highest BCUT2D eigenvalue weighted by Gasteiger charge is 2.41.